The summed E-state index contributed by atoms with van der Waals surface area (Å²) < 4.78 is 0. The molecule has 118 valence electrons. The van der Waals surface area contributed by atoms with Gasteiger partial charge >= 0.3 is 5.97 Å². The number of amides is 3. The number of carbonyl (C=O) groups is 4. The lowest BCUT2D eigenvalue weighted by Crippen LogP contribution is -2.36. The van der Waals surface area contributed by atoms with E-state index in [9.17, 15) is 19.2 Å². The van der Waals surface area contributed by atoms with Crippen LogP contribution in [0.3, 0.4) is 0 Å². The molecular weight excluding hydrogens is 300 g/mol. The van der Waals surface area contributed by atoms with Crippen molar-refractivity contribution in [3.05, 3.63) is 35.4 Å². The highest BCUT2D eigenvalue weighted by molar-refractivity contribution is 6.20. The third kappa shape index (κ3) is 2.19. The summed E-state index contributed by atoms with van der Waals surface area (Å²) in [6, 6.07) is 6.53. The molecule has 0 aromatic heterocycles. The van der Waals surface area contributed by atoms with Crippen LogP contribution in [0, 0.1) is 5.92 Å². The van der Waals surface area contributed by atoms with Gasteiger partial charge in [-0.1, -0.05) is 17.2 Å². The summed E-state index contributed by atoms with van der Waals surface area (Å²) in [6.07, 6.45) is 2.00. The first-order chi connectivity index (χ1) is 11.1. The zero-order valence-corrected chi connectivity index (χ0v) is 12.2. The topological polar surface area (TPSA) is 84.0 Å². The Kier molecular flexibility index (Phi) is 2.97. The molecule has 1 aromatic rings. The zero-order valence-electron chi connectivity index (χ0n) is 12.2. The Morgan fingerprint density at radius 3 is 2.22 bits per heavy atom. The SMILES string of the molecule is O=C(ON1C(=O)c2ccccc2C1=O)C1CC(=O)N(C2CC2)C1. The van der Waals surface area contributed by atoms with E-state index < -0.39 is 23.7 Å². The fourth-order valence-corrected chi connectivity index (χ4v) is 3.04. The predicted molar refractivity (Wildman–Crippen MR) is 75.9 cm³/mol. The largest absolute Gasteiger partial charge is 0.339 e. The maximum Gasteiger partial charge on any atom is 0.338 e. The van der Waals surface area contributed by atoms with E-state index in [1.165, 1.54) is 12.1 Å². The Labute approximate surface area is 131 Å². The number of rotatable bonds is 3. The molecule has 2 heterocycles. The van der Waals surface area contributed by atoms with Crippen molar-refractivity contribution in [1.82, 2.24) is 9.96 Å². The average molecular weight is 314 g/mol. The number of imide groups is 1. The summed E-state index contributed by atoms with van der Waals surface area (Å²) in [7, 11) is 0. The normalized spacial score (nSPS) is 23.5. The second-order valence-electron chi connectivity index (χ2n) is 6.04. The molecule has 1 atom stereocenters. The van der Waals surface area contributed by atoms with Crippen LogP contribution in [0.5, 0.6) is 0 Å². The molecule has 0 bridgehead atoms. The van der Waals surface area contributed by atoms with Crippen molar-refractivity contribution in [1.29, 1.82) is 0 Å². The number of hydrogen-bond donors (Lipinski definition) is 0. The van der Waals surface area contributed by atoms with Crippen molar-refractivity contribution in [3.63, 3.8) is 0 Å². The lowest BCUT2D eigenvalue weighted by molar-refractivity contribution is -0.173. The molecule has 3 amide bonds. The van der Waals surface area contributed by atoms with Gasteiger partial charge in [-0.2, -0.15) is 0 Å². The van der Waals surface area contributed by atoms with Gasteiger partial charge in [-0.3, -0.25) is 14.4 Å². The average Bonchev–Trinajstić information content (AvgIpc) is 3.28. The molecule has 2 fully saturated rings. The standard InChI is InChI=1S/C16H14N2O5/c19-13-7-9(8-17(13)10-5-6-10)16(22)23-18-14(20)11-3-1-2-4-12(11)15(18)21/h1-4,9-10H,5-8H2. The molecule has 2 aliphatic heterocycles. The van der Waals surface area contributed by atoms with E-state index in [4.69, 9.17) is 4.84 Å². The highest BCUT2D eigenvalue weighted by atomic mass is 16.7. The summed E-state index contributed by atoms with van der Waals surface area (Å²) in [6.45, 7) is 0.297. The third-order valence-corrected chi connectivity index (χ3v) is 4.42. The lowest BCUT2D eigenvalue weighted by Gasteiger charge is -2.17. The van der Waals surface area contributed by atoms with E-state index in [1.54, 1.807) is 17.0 Å². The molecule has 0 spiro atoms. The van der Waals surface area contributed by atoms with Crippen molar-refractivity contribution in [2.45, 2.75) is 25.3 Å². The summed E-state index contributed by atoms with van der Waals surface area (Å²) in [5, 5.41) is 0.497. The molecule has 7 nitrogen and oxygen atoms in total. The second kappa shape index (κ2) is 4.91. The van der Waals surface area contributed by atoms with Crippen LogP contribution in [-0.4, -0.2) is 46.2 Å². The molecule has 3 aliphatic rings. The molecule has 1 unspecified atom stereocenters. The van der Waals surface area contributed by atoms with Gasteiger partial charge in [-0.15, -0.1) is 0 Å². The fraction of sp³-hybridized carbons (Fsp3) is 0.375. The second-order valence-corrected chi connectivity index (χ2v) is 6.04. The highest BCUT2D eigenvalue weighted by Gasteiger charge is 2.45. The quantitative estimate of drug-likeness (QED) is 0.769. The molecule has 23 heavy (non-hydrogen) atoms. The van der Waals surface area contributed by atoms with Gasteiger partial charge in [0.15, 0.2) is 0 Å². The van der Waals surface area contributed by atoms with Gasteiger partial charge in [-0.05, 0) is 25.0 Å². The summed E-state index contributed by atoms with van der Waals surface area (Å²) in [4.78, 5) is 55.1. The van der Waals surface area contributed by atoms with Crippen molar-refractivity contribution in [2.24, 2.45) is 5.92 Å². The van der Waals surface area contributed by atoms with Crippen LogP contribution in [0.1, 0.15) is 40.0 Å². The van der Waals surface area contributed by atoms with Crippen LogP contribution >= 0.6 is 0 Å². The van der Waals surface area contributed by atoms with Crippen molar-refractivity contribution in [3.8, 4) is 0 Å². The van der Waals surface area contributed by atoms with Crippen molar-refractivity contribution < 1.29 is 24.0 Å². The van der Waals surface area contributed by atoms with Crippen LogP contribution in [0.4, 0.5) is 0 Å². The van der Waals surface area contributed by atoms with E-state index in [0.29, 0.717) is 11.6 Å². The molecule has 4 rings (SSSR count). The minimum Gasteiger partial charge on any atom is -0.339 e. The van der Waals surface area contributed by atoms with Crippen molar-refractivity contribution >= 4 is 23.7 Å². The van der Waals surface area contributed by atoms with Gasteiger partial charge in [0, 0.05) is 19.0 Å². The van der Waals surface area contributed by atoms with Gasteiger partial charge < -0.3 is 9.74 Å². The molecular formula is C16H14N2O5. The Morgan fingerprint density at radius 2 is 1.65 bits per heavy atom. The Balaban J connectivity index is 1.47. The highest BCUT2D eigenvalue weighted by Crippen LogP contribution is 2.33. The summed E-state index contributed by atoms with van der Waals surface area (Å²) in [5.41, 5.74) is 0.430. The molecule has 1 aliphatic carbocycles. The number of hydrogen-bond acceptors (Lipinski definition) is 5. The first-order valence-corrected chi connectivity index (χ1v) is 7.55. The van der Waals surface area contributed by atoms with Crippen LogP contribution in [0.25, 0.3) is 0 Å². The fourth-order valence-electron chi connectivity index (χ4n) is 3.04. The first kappa shape index (κ1) is 13.9. The summed E-state index contributed by atoms with van der Waals surface area (Å²) in [5.74, 6) is -2.72. The van der Waals surface area contributed by atoms with E-state index in [-0.39, 0.29) is 29.5 Å². The van der Waals surface area contributed by atoms with Crippen molar-refractivity contribution in [2.75, 3.05) is 6.54 Å². The molecule has 1 aromatic carbocycles. The van der Waals surface area contributed by atoms with Gasteiger partial charge in [0.2, 0.25) is 5.91 Å². The number of carbonyl (C=O) groups excluding carboxylic acids is 4. The minimum absolute atomic E-state index is 0.0680. The van der Waals surface area contributed by atoms with Crippen LogP contribution in [-0.2, 0) is 14.4 Å². The monoisotopic (exact) mass is 314 g/mol. The number of hydroxylamine groups is 2. The van der Waals surface area contributed by atoms with E-state index in [2.05, 4.69) is 0 Å². The predicted octanol–water partition coefficient (Wildman–Crippen LogP) is 0.752. The van der Waals surface area contributed by atoms with Gasteiger partial charge in [0.25, 0.3) is 11.8 Å². The Bertz CT molecular complexity index is 705. The first-order valence-electron chi connectivity index (χ1n) is 7.55. The van der Waals surface area contributed by atoms with E-state index >= 15 is 0 Å². The maximum atomic E-state index is 12.2. The molecule has 7 heteroatoms. The molecule has 1 saturated carbocycles. The van der Waals surface area contributed by atoms with Crippen LogP contribution in [0.15, 0.2) is 24.3 Å². The Hall–Kier alpha value is -2.70. The number of fused-ring (bicyclic) bond motifs is 1. The molecule has 1 saturated heterocycles. The minimum atomic E-state index is -0.712. The van der Waals surface area contributed by atoms with Gasteiger partial charge in [-0.25, -0.2) is 4.79 Å². The van der Waals surface area contributed by atoms with E-state index in [1.807, 2.05) is 0 Å². The molecule has 0 N–H and O–H groups in total. The lowest BCUT2D eigenvalue weighted by atomic mass is 10.1. The Morgan fingerprint density at radius 1 is 1.04 bits per heavy atom. The smallest absolute Gasteiger partial charge is 0.338 e. The third-order valence-electron chi connectivity index (χ3n) is 4.42. The number of benzene rings is 1. The maximum absolute atomic E-state index is 12.2. The van der Waals surface area contributed by atoms with Crippen LogP contribution in [0.2, 0.25) is 0 Å². The van der Waals surface area contributed by atoms with E-state index in [0.717, 1.165) is 12.8 Å². The number of nitrogens with zero attached hydrogens (tertiary/aromatic N) is 2. The van der Waals surface area contributed by atoms with Gasteiger partial charge in [0.1, 0.15) is 0 Å². The number of likely N-dealkylation sites (tertiary alicyclic amines) is 1. The van der Waals surface area contributed by atoms with Crippen LogP contribution < -0.4 is 0 Å². The van der Waals surface area contributed by atoms with Gasteiger partial charge in [0.05, 0.1) is 17.0 Å². The summed E-state index contributed by atoms with van der Waals surface area (Å²) >= 11 is 0. The molecule has 0 radical (unpaired) electrons. The zero-order chi connectivity index (χ0) is 16.1.